The number of carbonyl (C=O) groups excluding carboxylic acids is 1. The Morgan fingerprint density at radius 2 is 1.82 bits per heavy atom. The van der Waals surface area contributed by atoms with Gasteiger partial charge >= 0.3 is 5.69 Å². The fourth-order valence-corrected chi connectivity index (χ4v) is 3.69. The van der Waals surface area contributed by atoms with Crippen LogP contribution in [0.25, 0.3) is 0 Å². The summed E-state index contributed by atoms with van der Waals surface area (Å²) in [5, 5.41) is 2.94. The maximum absolute atomic E-state index is 12.7. The first kappa shape index (κ1) is 26.2. The normalized spacial score (nSPS) is 11.2. The number of hydrogen-bond acceptors (Lipinski definition) is 5. The highest BCUT2D eigenvalue weighted by Crippen LogP contribution is 2.18. The number of anilines is 2. The summed E-state index contributed by atoms with van der Waals surface area (Å²) in [6.07, 6.45) is 2.41. The molecule has 8 nitrogen and oxygen atoms in total. The number of hydrogen-bond donors (Lipinski definition) is 3. The molecule has 0 saturated heterocycles. The number of nitrogens with one attached hydrogen (secondary N) is 2. The van der Waals surface area contributed by atoms with Gasteiger partial charge in [-0.2, -0.15) is 0 Å². The summed E-state index contributed by atoms with van der Waals surface area (Å²) in [5.41, 5.74) is 7.80. The highest BCUT2D eigenvalue weighted by molar-refractivity contribution is 5.82. The van der Waals surface area contributed by atoms with Gasteiger partial charge in [0.15, 0.2) is 0 Å². The van der Waals surface area contributed by atoms with Gasteiger partial charge in [-0.15, -0.1) is 0 Å². The molecule has 0 aliphatic rings. The van der Waals surface area contributed by atoms with Crippen LogP contribution in [0.5, 0.6) is 0 Å². The molecular formula is C25H39N5O3. The van der Waals surface area contributed by atoms with Gasteiger partial charge in [0.05, 0.1) is 6.54 Å². The van der Waals surface area contributed by atoms with Gasteiger partial charge < -0.3 is 16.0 Å². The first-order valence-electron chi connectivity index (χ1n) is 11.9. The van der Waals surface area contributed by atoms with Crippen molar-refractivity contribution in [3.63, 3.8) is 0 Å². The SMILES string of the molecule is CCCCN(CC(=O)NCCc1ccc(C(C)C)cc1)c1c(N)n(CC(C)C)c(=O)[nH]c1=O. The molecule has 182 valence electrons. The summed E-state index contributed by atoms with van der Waals surface area (Å²) in [6, 6.07) is 8.42. The summed E-state index contributed by atoms with van der Waals surface area (Å²) in [4.78, 5) is 41.7. The minimum atomic E-state index is -0.563. The summed E-state index contributed by atoms with van der Waals surface area (Å²) >= 11 is 0. The van der Waals surface area contributed by atoms with Crippen molar-refractivity contribution in [3.05, 3.63) is 56.2 Å². The van der Waals surface area contributed by atoms with Crippen molar-refractivity contribution in [2.45, 2.75) is 66.3 Å². The van der Waals surface area contributed by atoms with Gasteiger partial charge in [0, 0.05) is 19.6 Å². The second-order valence-corrected chi connectivity index (χ2v) is 9.27. The van der Waals surface area contributed by atoms with Crippen molar-refractivity contribution in [2.24, 2.45) is 5.92 Å². The Hall–Kier alpha value is -3.03. The number of nitrogen functional groups attached to an aromatic ring is 1. The zero-order valence-corrected chi connectivity index (χ0v) is 20.6. The maximum atomic E-state index is 12.7. The lowest BCUT2D eigenvalue weighted by atomic mass is 10.0. The van der Waals surface area contributed by atoms with Crippen LogP contribution in [0.15, 0.2) is 33.9 Å². The monoisotopic (exact) mass is 457 g/mol. The molecule has 0 unspecified atom stereocenters. The number of aromatic nitrogens is 2. The van der Waals surface area contributed by atoms with Gasteiger partial charge in [-0.3, -0.25) is 19.1 Å². The average molecular weight is 458 g/mol. The predicted molar refractivity (Wildman–Crippen MR) is 135 cm³/mol. The molecule has 2 rings (SSSR count). The maximum Gasteiger partial charge on any atom is 0.330 e. The third-order valence-corrected chi connectivity index (χ3v) is 5.58. The molecule has 1 heterocycles. The first-order chi connectivity index (χ1) is 15.6. The summed E-state index contributed by atoms with van der Waals surface area (Å²) in [6.45, 7) is 11.7. The highest BCUT2D eigenvalue weighted by Gasteiger charge is 2.21. The molecule has 1 aromatic heterocycles. The van der Waals surface area contributed by atoms with E-state index in [1.165, 1.54) is 10.1 Å². The lowest BCUT2D eigenvalue weighted by Crippen LogP contribution is -2.44. The molecule has 0 fully saturated rings. The summed E-state index contributed by atoms with van der Waals surface area (Å²) in [5.74, 6) is 0.570. The van der Waals surface area contributed by atoms with Gasteiger partial charge in [-0.25, -0.2) is 4.79 Å². The fourth-order valence-electron chi connectivity index (χ4n) is 3.69. The minimum Gasteiger partial charge on any atom is -0.383 e. The first-order valence-corrected chi connectivity index (χ1v) is 11.9. The zero-order chi connectivity index (χ0) is 24.5. The van der Waals surface area contributed by atoms with E-state index >= 15 is 0 Å². The van der Waals surface area contributed by atoms with Crippen molar-refractivity contribution in [3.8, 4) is 0 Å². The lowest BCUT2D eigenvalue weighted by molar-refractivity contribution is -0.119. The number of nitrogens with zero attached hydrogens (tertiary/aromatic N) is 2. The Morgan fingerprint density at radius 1 is 1.15 bits per heavy atom. The summed E-state index contributed by atoms with van der Waals surface area (Å²) in [7, 11) is 0. The summed E-state index contributed by atoms with van der Waals surface area (Å²) < 4.78 is 1.37. The van der Waals surface area contributed by atoms with Gasteiger partial charge in [-0.1, -0.05) is 65.3 Å². The molecule has 0 radical (unpaired) electrons. The zero-order valence-electron chi connectivity index (χ0n) is 20.6. The van der Waals surface area contributed by atoms with Crippen molar-refractivity contribution >= 4 is 17.4 Å². The van der Waals surface area contributed by atoms with E-state index in [1.54, 1.807) is 4.90 Å². The number of aromatic amines is 1. The molecule has 0 aliphatic carbocycles. The van der Waals surface area contributed by atoms with E-state index in [4.69, 9.17) is 5.73 Å². The number of unbranched alkanes of at least 4 members (excludes halogenated alkanes) is 1. The van der Waals surface area contributed by atoms with Crippen LogP contribution in [0, 0.1) is 5.92 Å². The molecule has 0 bridgehead atoms. The van der Waals surface area contributed by atoms with Crippen LogP contribution in [0.2, 0.25) is 0 Å². The minimum absolute atomic E-state index is 0.000546. The van der Waals surface area contributed by atoms with Crippen molar-refractivity contribution in [2.75, 3.05) is 30.3 Å². The van der Waals surface area contributed by atoms with E-state index in [0.717, 1.165) is 24.8 Å². The quantitative estimate of drug-likeness (QED) is 0.454. The number of carbonyl (C=O) groups is 1. The molecule has 1 aromatic carbocycles. The van der Waals surface area contributed by atoms with Crippen LogP contribution in [-0.4, -0.2) is 35.1 Å². The van der Waals surface area contributed by atoms with Crippen molar-refractivity contribution in [1.82, 2.24) is 14.9 Å². The molecule has 0 atom stereocenters. The van der Waals surface area contributed by atoms with Crippen LogP contribution in [-0.2, 0) is 17.8 Å². The van der Waals surface area contributed by atoms with E-state index in [2.05, 4.69) is 48.4 Å². The smallest absolute Gasteiger partial charge is 0.330 e. The Bertz CT molecular complexity index is 1020. The molecule has 33 heavy (non-hydrogen) atoms. The standard InChI is InChI=1S/C25H39N5O3/c1-6-7-14-29(22-23(26)30(15-17(2)3)25(33)28-24(22)32)16-21(31)27-13-12-19-8-10-20(11-9-19)18(4)5/h8-11,17-18H,6-7,12-16,26H2,1-5H3,(H,27,31)(H,28,32,33). The van der Waals surface area contributed by atoms with Crippen LogP contribution in [0.3, 0.4) is 0 Å². The third-order valence-electron chi connectivity index (χ3n) is 5.58. The van der Waals surface area contributed by atoms with E-state index in [0.29, 0.717) is 25.6 Å². The van der Waals surface area contributed by atoms with E-state index in [1.807, 2.05) is 20.8 Å². The van der Waals surface area contributed by atoms with Gasteiger partial charge in [0.1, 0.15) is 11.5 Å². The molecule has 8 heteroatoms. The average Bonchev–Trinajstić information content (AvgIpc) is 2.74. The molecule has 1 amide bonds. The fraction of sp³-hybridized carbons (Fsp3) is 0.560. The van der Waals surface area contributed by atoms with Gasteiger partial charge in [0.25, 0.3) is 5.56 Å². The third kappa shape index (κ3) is 7.51. The molecule has 4 N–H and O–H groups in total. The number of H-pyrrole nitrogens is 1. The van der Waals surface area contributed by atoms with E-state index in [9.17, 15) is 14.4 Å². The van der Waals surface area contributed by atoms with Crippen molar-refractivity contribution < 1.29 is 4.79 Å². The molecular weight excluding hydrogens is 418 g/mol. The Labute approximate surface area is 196 Å². The Morgan fingerprint density at radius 3 is 2.39 bits per heavy atom. The van der Waals surface area contributed by atoms with Crippen LogP contribution in [0.4, 0.5) is 11.5 Å². The number of amides is 1. The highest BCUT2D eigenvalue weighted by atomic mass is 16.2. The molecule has 0 spiro atoms. The number of rotatable bonds is 12. The van der Waals surface area contributed by atoms with E-state index < -0.39 is 11.2 Å². The van der Waals surface area contributed by atoms with Crippen LogP contribution in [0.1, 0.15) is 64.5 Å². The van der Waals surface area contributed by atoms with E-state index in [-0.39, 0.29) is 29.9 Å². The number of nitrogens with two attached hydrogens (primary N) is 1. The lowest BCUT2D eigenvalue weighted by Gasteiger charge is -2.26. The molecule has 2 aromatic rings. The number of benzene rings is 1. The Kier molecular flexibility index (Phi) is 9.75. The van der Waals surface area contributed by atoms with Gasteiger partial charge in [0.2, 0.25) is 5.91 Å². The predicted octanol–water partition coefficient (Wildman–Crippen LogP) is 2.86. The molecule has 0 aliphatic heterocycles. The largest absolute Gasteiger partial charge is 0.383 e. The second kappa shape index (κ2) is 12.3. The van der Waals surface area contributed by atoms with Crippen LogP contribution < -0.4 is 27.2 Å². The topological polar surface area (TPSA) is 113 Å². The van der Waals surface area contributed by atoms with Crippen LogP contribution >= 0.6 is 0 Å². The van der Waals surface area contributed by atoms with Gasteiger partial charge in [-0.05, 0) is 35.8 Å². The van der Waals surface area contributed by atoms with Crippen molar-refractivity contribution in [1.29, 1.82) is 0 Å². The second-order valence-electron chi connectivity index (χ2n) is 9.27. The molecule has 0 saturated carbocycles. The Balaban J connectivity index is 2.11.